The van der Waals surface area contributed by atoms with Crippen LogP contribution in [0.15, 0.2) is 42.6 Å². The highest BCUT2D eigenvalue weighted by Gasteiger charge is 2.12. The van der Waals surface area contributed by atoms with Crippen molar-refractivity contribution >= 4 is 11.5 Å². The Labute approximate surface area is 120 Å². The number of methoxy groups -OCH3 is 1. The number of hydrogen-bond donors (Lipinski definition) is 1. The third-order valence-corrected chi connectivity index (χ3v) is 3.12. The molecule has 0 atom stereocenters. The van der Waals surface area contributed by atoms with E-state index in [9.17, 15) is 0 Å². The quantitative estimate of drug-likeness (QED) is 0.820. The second kappa shape index (κ2) is 6.80. The Morgan fingerprint density at radius 1 is 1.20 bits per heavy atom. The van der Waals surface area contributed by atoms with Gasteiger partial charge in [0.15, 0.2) is 11.6 Å². The Morgan fingerprint density at radius 2 is 1.95 bits per heavy atom. The number of aromatic nitrogens is 1. The lowest BCUT2D eigenvalue weighted by Crippen LogP contribution is -2.25. The van der Waals surface area contributed by atoms with Gasteiger partial charge in [-0.25, -0.2) is 4.98 Å². The van der Waals surface area contributed by atoms with Crippen LogP contribution >= 0.6 is 0 Å². The molecule has 106 valence electrons. The van der Waals surface area contributed by atoms with E-state index in [0.717, 1.165) is 36.8 Å². The smallest absolute Gasteiger partial charge is 0.171 e. The third kappa shape index (κ3) is 3.41. The fourth-order valence-electron chi connectivity index (χ4n) is 2.15. The summed E-state index contributed by atoms with van der Waals surface area (Å²) >= 11 is 0. The van der Waals surface area contributed by atoms with Gasteiger partial charge in [-0.3, -0.25) is 0 Å². The van der Waals surface area contributed by atoms with Crippen LogP contribution in [-0.2, 0) is 6.54 Å². The number of nitrogens with two attached hydrogens (primary N) is 1. The molecule has 0 aliphatic heterocycles. The molecule has 2 N–H and O–H groups in total. The molecule has 0 aliphatic carbocycles. The normalized spacial score (nSPS) is 10.3. The van der Waals surface area contributed by atoms with Crippen LogP contribution in [0, 0.1) is 0 Å². The maximum atomic E-state index is 5.73. The van der Waals surface area contributed by atoms with E-state index in [1.165, 1.54) is 5.56 Å². The van der Waals surface area contributed by atoms with Gasteiger partial charge in [0.1, 0.15) is 0 Å². The molecule has 2 aromatic rings. The molecule has 0 saturated carbocycles. The Morgan fingerprint density at radius 3 is 2.60 bits per heavy atom. The van der Waals surface area contributed by atoms with Crippen LogP contribution in [0.4, 0.5) is 11.5 Å². The lowest BCUT2D eigenvalue weighted by Gasteiger charge is -2.24. The Hall–Kier alpha value is -2.23. The number of rotatable bonds is 6. The zero-order valence-electron chi connectivity index (χ0n) is 12.0. The Balaban J connectivity index is 2.24. The number of hydrogen-bond acceptors (Lipinski definition) is 4. The highest BCUT2D eigenvalue weighted by atomic mass is 16.5. The van der Waals surface area contributed by atoms with E-state index in [-0.39, 0.29) is 0 Å². The number of pyridine rings is 1. The van der Waals surface area contributed by atoms with E-state index < -0.39 is 0 Å². The van der Waals surface area contributed by atoms with Gasteiger partial charge in [-0.2, -0.15) is 0 Å². The molecule has 2 rings (SSSR count). The molecule has 0 amide bonds. The molecule has 1 heterocycles. The minimum absolute atomic E-state index is 0.784. The molecule has 0 spiro atoms. The second-order valence-electron chi connectivity index (χ2n) is 4.69. The van der Waals surface area contributed by atoms with Crippen LogP contribution in [0.5, 0.6) is 5.75 Å². The molecule has 1 aromatic heterocycles. The van der Waals surface area contributed by atoms with Crippen molar-refractivity contribution in [1.29, 1.82) is 0 Å². The van der Waals surface area contributed by atoms with E-state index in [4.69, 9.17) is 10.5 Å². The minimum atomic E-state index is 0.784. The van der Waals surface area contributed by atoms with Crippen molar-refractivity contribution in [3.8, 4) is 5.75 Å². The van der Waals surface area contributed by atoms with E-state index in [0.29, 0.717) is 0 Å². The predicted octanol–water partition coefficient (Wildman–Crippen LogP) is 3.09. The second-order valence-corrected chi connectivity index (χ2v) is 4.69. The third-order valence-electron chi connectivity index (χ3n) is 3.12. The first kappa shape index (κ1) is 14.2. The summed E-state index contributed by atoms with van der Waals surface area (Å²) in [5, 5.41) is 0. The van der Waals surface area contributed by atoms with Gasteiger partial charge < -0.3 is 15.4 Å². The van der Waals surface area contributed by atoms with E-state index in [1.54, 1.807) is 13.3 Å². The lowest BCUT2D eigenvalue weighted by atomic mass is 10.2. The highest BCUT2D eigenvalue weighted by Crippen LogP contribution is 2.26. The van der Waals surface area contributed by atoms with Crippen LogP contribution in [-0.4, -0.2) is 18.6 Å². The maximum absolute atomic E-state index is 5.73. The summed E-state index contributed by atoms with van der Waals surface area (Å²) in [6.45, 7) is 3.88. The molecule has 0 radical (unpaired) electrons. The zero-order chi connectivity index (χ0) is 14.4. The molecule has 0 aliphatic rings. The van der Waals surface area contributed by atoms with Crippen LogP contribution in [0.1, 0.15) is 18.9 Å². The topological polar surface area (TPSA) is 51.4 Å². The molecule has 4 heteroatoms. The van der Waals surface area contributed by atoms with Crippen LogP contribution in [0.25, 0.3) is 0 Å². The zero-order valence-corrected chi connectivity index (χ0v) is 12.0. The van der Waals surface area contributed by atoms with Crippen molar-refractivity contribution in [1.82, 2.24) is 4.98 Å². The largest absolute Gasteiger partial charge is 0.493 e. The first-order valence-electron chi connectivity index (χ1n) is 6.83. The lowest BCUT2D eigenvalue weighted by molar-refractivity contribution is 0.412. The fraction of sp³-hybridized carbons (Fsp3) is 0.312. The van der Waals surface area contributed by atoms with Crippen molar-refractivity contribution in [2.75, 3.05) is 24.3 Å². The number of benzene rings is 1. The van der Waals surface area contributed by atoms with Gasteiger partial charge >= 0.3 is 0 Å². The SMILES string of the molecule is CCCN(Cc1ccc(N)cc1)c1ncccc1OC. The molecule has 0 bridgehead atoms. The van der Waals surface area contributed by atoms with Gasteiger partial charge in [0, 0.05) is 25.0 Å². The van der Waals surface area contributed by atoms with Crippen molar-refractivity contribution < 1.29 is 4.74 Å². The molecular weight excluding hydrogens is 250 g/mol. The number of nitrogen functional groups attached to an aromatic ring is 1. The molecule has 1 aromatic carbocycles. The van der Waals surface area contributed by atoms with Gasteiger partial charge in [0.05, 0.1) is 7.11 Å². The molecule has 4 nitrogen and oxygen atoms in total. The van der Waals surface area contributed by atoms with Gasteiger partial charge in [-0.15, -0.1) is 0 Å². The van der Waals surface area contributed by atoms with Crippen LogP contribution in [0.2, 0.25) is 0 Å². The Kier molecular flexibility index (Phi) is 4.82. The van der Waals surface area contributed by atoms with Gasteiger partial charge in [0.2, 0.25) is 0 Å². The summed E-state index contributed by atoms with van der Waals surface area (Å²) in [5.41, 5.74) is 7.72. The van der Waals surface area contributed by atoms with Crippen LogP contribution in [0.3, 0.4) is 0 Å². The monoisotopic (exact) mass is 271 g/mol. The Bertz CT molecular complexity index is 540. The summed E-state index contributed by atoms with van der Waals surface area (Å²) in [6.07, 6.45) is 2.85. The van der Waals surface area contributed by atoms with E-state index >= 15 is 0 Å². The first-order chi connectivity index (χ1) is 9.74. The van der Waals surface area contributed by atoms with Gasteiger partial charge in [-0.05, 0) is 36.2 Å². The summed E-state index contributed by atoms with van der Waals surface area (Å²) < 4.78 is 5.41. The maximum Gasteiger partial charge on any atom is 0.171 e. The first-order valence-corrected chi connectivity index (χ1v) is 6.83. The van der Waals surface area contributed by atoms with Crippen molar-refractivity contribution in [2.45, 2.75) is 19.9 Å². The predicted molar refractivity (Wildman–Crippen MR) is 83.0 cm³/mol. The fourth-order valence-corrected chi connectivity index (χ4v) is 2.15. The number of nitrogens with zero attached hydrogens (tertiary/aromatic N) is 2. The summed E-state index contributed by atoms with van der Waals surface area (Å²) in [6, 6.07) is 11.8. The average Bonchev–Trinajstić information content (AvgIpc) is 2.49. The average molecular weight is 271 g/mol. The molecular formula is C16H21N3O. The van der Waals surface area contributed by atoms with Crippen molar-refractivity contribution in [2.24, 2.45) is 0 Å². The van der Waals surface area contributed by atoms with Crippen molar-refractivity contribution in [3.05, 3.63) is 48.2 Å². The van der Waals surface area contributed by atoms with Gasteiger partial charge in [-0.1, -0.05) is 19.1 Å². The molecule has 0 fully saturated rings. The summed E-state index contributed by atoms with van der Waals surface area (Å²) in [7, 11) is 1.67. The standard InChI is InChI=1S/C16H21N3O/c1-3-11-19(12-13-6-8-14(17)9-7-13)16-15(20-2)5-4-10-18-16/h4-10H,3,11-12,17H2,1-2H3. The summed E-state index contributed by atoms with van der Waals surface area (Å²) in [5.74, 6) is 1.69. The van der Waals surface area contributed by atoms with Crippen molar-refractivity contribution in [3.63, 3.8) is 0 Å². The van der Waals surface area contributed by atoms with Gasteiger partial charge in [0.25, 0.3) is 0 Å². The molecule has 0 unspecified atom stereocenters. The minimum Gasteiger partial charge on any atom is -0.493 e. The summed E-state index contributed by atoms with van der Waals surface area (Å²) in [4.78, 5) is 6.68. The molecule has 20 heavy (non-hydrogen) atoms. The highest BCUT2D eigenvalue weighted by molar-refractivity contribution is 5.52. The van der Waals surface area contributed by atoms with Crippen LogP contribution < -0.4 is 15.4 Å². The number of ether oxygens (including phenoxy) is 1. The van der Waals surface area contributed by atoms with E-state index in [2.05, 4.69) is 16.8 Å². The molecule has 0 saturated heterocycles. The number of anilines is 2. The van der Waals surface area contributed by atoms with E-state index in [1.807, 2.05) is 36.4 Å².